The van der Waals surface area contributed by atoms with Crippen molar-refractivity contribution in [3.05, 3.63) is 35.6 Å². The van der Waals surface area contributed by atoms with Crippen LogP contribution in [0.4, 0.5) is 25.7 Å². The van der Waals surface area contributed by atoms with E-state index >= 15 is 0 Å². The monoisotopic (exact) mass is 433 g/mol. The highest BCUT2D eigenvalue weighted by atomic mass is 32.1. The Morgan fingerprint density at radius 3 is 2.83 bits per heavy atom. The molecule has 0 bridgehead atoms. The van der Waals surface area contributed by atoms with Gasteiger partial charge in [-0.05, 0) is 31.0 Å². The number of amides is 2. The van der Waals surface area contributed by atoms with E-state index in [1.807, 2.05) is 10.3 Å². The molecule has 2 saturated heterocycles. The van der Waals surface area contributed by atoms with Gasteiger partial charge >= 0.3 is 6.09 Å². The summed E-state index contributed by atoms with van der Waals surface area (Å²) >= 11 is 1.58. The quantitative estimate of drug-likeness (QED) is 0.729. The number of benzene rings is 1. The Bertz CT molecular complexity index is 902. The number of carbonyl (C=O) groups is 2. The van der Waals surface area contributed by atoms with Crippen LogP contribution in [0.1, 0.15) is 19.8 Å². The number of piperidine rings is 1. The maximum Gasteiger partial charge on any atom is 0.414 e. The molecule has 10 heteroatoms. The number of hydrogen-bond donors (Lipinski definition) is 2. The third kappa shape index (κ3) is 4.64. The summed E-state index contributed by atoms with van der Waals surface area (Å²) in [5.74, 6) is -0.553. The van der Waals surface area contributed by atoms with E-state index in [4.69, 9.17) is 4.74 Å². The van der Waals surface area contributed by atoms with Gasteiger partial charge in [-0.15, -0.1) is 11.3 Å². The number of halogens is 1. The average molecular weight is 434 g/mol. The number of ether oxygens (including phenoxy) is 1. The topological polar surface area (TPSA) is 86.8 Å². The molecule has 4 rings (SSSR count). The summed E-state index contributed by atoms with van der Waals surface area (Å²) < 4.78 is 20.1. The maximum atomic E-state index is 14.9. The third-order valence-electron chi connectivity index (χ3n) is 5.29. The van der Waals surface area contributed by atoms with Gasteiger partial charge in [-0.2, -0.15) is 0 Å². The van der Waals surface area contributed by atoms with Gasteiger partial charge < -0.3 is 20.3 Å². The number of anilines is 3. The highest BCUT2D eigenvalue weighted by molar-refractivity contribution is 7.13. The van der Waals surface area contributed by atoms with Gasteiger partial charge in [0.25, 0.3) is 0 Å². The summed E-state index contributed by atoms with van der Waals surface area (Å²) in [5.41, 5.74) is 0.987. The van der Waals surface area contributed by atoms with Crippen LogP contribution in [0, 0.1) is 5.82 Å². The zero-order valence-corrected chi connectivity index (χ0v) is 17.5. The second-order valence-electron chi connectivity index (χ2n) is 7.43. The smallest absolute Gasteiger partial charge is 0.414 e. The van der Waals surface area contributed by atoms with Crippen molar-refractivity contribution in [3.8, 4) is 0 Å². The van der Waals surface area contributed by atoms with E-state index in [2.05, 4.69) is 15.6 Å². The van der Waals surface area contributed by atoms with Crippen molar-refractivity contribution >= 4 is 39.8 Å². The standard InChI is InChI=1S/C20H24FN5O3S/c1-13(27)23-11-16-12-26(20(28)29-16)15-2-3-18(17(21)10-15)25-7-4-14(5-8-25)24-19-22-6-9-30-19/h2-3,6,9-10,14,16H,4-5,7-8,11-12H2,1H3,(H,22,24)(H,23,27). The molecule has 2 aromatic rings. The van der Waals surface area contributed by atoms with Crippen molar-refractivity contribution in [1.82, 2.24) is 10.3 Å². The molecular formula is C20H24FN5O3S. The number of rotatable bonds is 6. The SMILES string of the molecule is CC(=O)NCC1CN(c2ccc(N3CCC(Nc4nccs4)CC3)c(F)c2)C(=O)O1. The van der Waals surface area contributed by atoms with E-state index in [-0.39, 0.29) is 24.8 Å². The van der Waals surface area contributed by atoms with Crippen molar-refractivity contribution in [2.45, 2.75) is 31.9 Å². The Morgan fingerprint density at radius 1 is 1.37 bits per heavy atom. The highest BCUT2D eigenvalue weighted by Gasteiger charge is 2.33. The normalized spacial score (nSPS) is 19.7. The lowest BCUT2D eigenvalue weighted by Crippen LogP contribution is -2.39. The molecule has 1 unspecified atom stereocenters. The van der Waals surface area contributed by atoms with E-state index in [0.717, 1.165) is 31.1 Å². The molecule has 3 heterocycles. The molecule has 2 aliphatic heterocycles. The van der Waals surface area contributed by atoms with Crippen molar-refractivity contribution < 1.29 is 18.7 Å². The van der Waals surface area contributed by atoms with Crippen molar-refractivity contribution in [1.29, 1.82) is 0 Å². The van der Waals surface area contributed by atoms with E-state index < -0.39 is 12.2 Å². The van der Waals surface area contributed by atoms with Gasteiger partial charge in [-0.25, -0.2) is 14.2 Å². The fraction of sp³-hybridized carbons (Fsp3) is 0.450. The van der Waals surface area contributed by atoms with Gasteiger partial charge in [0.2, 0.25) is 5.91 Å². The number of carbonyl (C=O) groups excluding carboxylic acids is 2. The Balaban J connectivity index is 1.35. The Morgan fingerprint density at radius 2 is 2.17 bits per heavy atom. The number of nitrogens with zero attached hydrogens (tertiary/aromatic N) is 3. The average Bonchev–Trinajstić information content (AvgIpc) is 3.36. The van der Waals surface area contributed by atoms with Gasteiger partial charge in [0.05, 0.1) is 24.5 Å². The van der Waals surface area contributed by atoms with Gasteiger partial charge in [-0.3, -0.25) is 9.69 Å². The van der Waals surface area contributed by atoms with E-state index in [0.29, 0.717) is 17.4 Å². The van der Waals surface area contributed by atoms with Crippen LogP contribution in [0.5, 0.6) is 0 Å². The first kappa shape index (κ1) is 20.4. The molecule has 1 atom stereocenters. The minimum atomic E-state index is -0.536. The highest BCUT2D eigenvalue weighted by Crippen LogP contribution is 2.30. The number of hydrogen-bond acceptors (Lipinski definition) is 7. The van der Waals surface area contributed by atoms with Gasteiger partial charge in [0, 0.05) is 37.6 Å². The van der Waals surface area contributed by atoms with Crippen LogP contribution in [-0.2, 0) is 9.53 Å². The lowest BCUT2D eigenvalue weighted by molar-refractivity contribution is -0.119. The molecule has 2 aliphatic rings. The summed E-state index contributed by atoms with van der Waals surface area (Å²) in [4.78, 5) is 30.9. The van der Waals surface area contributed by atoms with Gasteiger partial charge in [-0.1, -0.05) is 0 Å². The summed E-state index contributed by atoms with van der Waals surface area (Å²) in [6, 6.07) is 5.15. The zero-order valence-electron chi connectivity index (χ0n) is 16.6. The van der Waals surface area contributed by atoms with Crippen LogP contribution in [0.15, 0.2) is 29.8 Å². The second-order valence-corrected chi connectivity index (χ2v) is 8.33. The summed E-state index contributed by atoms with van der Waals surface area (Å²) in [6.45, 7) is 3.39. The maximum absolute atomic E-state index is 14.9. The molecule has 0 spiro atoms. The van der Waals surface area contributed by atoms with Crippen LogP contribution >= 0.6 is 11.3 Å². The van der Waals surface area contributed by atoms with Crippen LogP contribution in [0.25, 0.3) is 0 Å². The fourth-order valence-electron chi connectivity index (χ4n) is 3.75. The number of aromatic nitrogens is 1. The summed E-state index contributed by atoms with van der Waals surface area (Å²) in [7, 11) is 0. The first-order chi connectivity index (χ1) is 14.5. The van der Waals surface area contributed by atoms with Crippen LogP contribution in [0.2, 0.25) is 0 Å². The molecule has 160 valence electrons. The third-order valence-corrected chi connectivity index (χ3v) is 6.00. The second kappa shape index (κ2) is 8.86. The van der Waals surface area contributed by atoms with Gasteiger partial charge in [0.1, 0.15) is 11.9 Å². The molecule has 0 saturated carbocycles. The van der Waals surface area contributed by atoms with Crippen LogP contribution in [-0.4, -0.2) is 55.3 Å². The molecule has 0 aliphatic carbocycles. The molecule has 1 aromatic carbocycles. The lowest BCUT2D eigenvalue weighted by atomic mass is 10.0. The van der Waals surface area contributed by atoms with E-state index in [9.17, 15) is 14.0 Å². The van der Waals surface area contributed by atoms with Gasteiger partial charge in [0.15, 0.2) is 5.13 Å². The number of nitrogens with one attached hydrogen (secondary N) is 2. The summed E-state index contributed by atoms with van der Waals surface area (Å²) in [5, 5.41) is 8.90. The molecule has 2 fully saturated rings. The lowest BCUT2D eigenvalue weighted by Gasteiger charge is -2.34. The minimum absolute atomic E-state index is 0.189. The van der Waals surface area contributed by atoms with Crippen molar-refractivity contribution in [2.75, 3.05) is 41.3 Å². The first-order valence-electron chi connectivity index (χ1n) is 9.92. The van der Waals surface area contributed by atoms with E-state index in [1.165, 1.54) is 17.9 Å². The molecular weight excluding hydrogens is 409 g/mol. The van der Waals surface area contributed by atoms with Crippen molar-refractivity contribution in [3.63, 3.8) is 0 Å². The van der Waals surface area contributed by atoms with E-state index in [1.54, 1.807) is 29.7 Å². The minimum Gasteiger partial charge on any atom is -0.442 e. The Labute approximate surface area is 178 Å². The molecule has 8 nitrogen and oxygen atoms in total. The molecule has 1 aromatic heterocycles. The Kier molecular flexibility index (Phi) is 6.03. The molecule has 30 heavy (non-hydrogen) atoms. The molecule has 2 N–H and O–H groups in total. The van der Waals surface area contributed by atoms with Crippen LogP contribution < -0.4 is 20.4 Å². The van der Waals surface area contributed by atoms with Crippen LogP contribution in [0.3, 0.4) is 0 Å². The molecule has 0 radical (unpaired) electrons. The Hall–Kier alpha value is -2.88. The predicted molar refractivity (Wildman–Crippen MR) is 114 cm³/mol. The largest absolute Gasteiger partial charge is 0.442 e. The molecule has 2 amide bonds. The zero-order chi connectivity index (χ0) is 21.1. The van der Waals surface area contributed by atoms with Crippen molar-refractivity contribution in [2.24, 2.45) is 0 Å². The number of cyclic esters (lactones) is 1. The fourth-order valence-corrected chi connectivity index (χ4v) is 4.36. The predicted octanol–water partition coefficient (Wildman–Crippen LogP) is 2.82. The first-order valence-corrected chi connectivity index (χ1v) is 10.8. The summed E-state index contributed by atoms with van der Waals surface area (Å²) in [6.07, 6.45) is 2.57. The number of thiazole rings is 1.